The zero-order valence-electron chi connectivity index (χ0n) is 14.2. The lowest BCUT2D eigenvalue weighted by molar-refractivity contribution is 0.476. The lowest BCUT2D eigenvalue weighted by atomic mass is 10.2. The Morgan fingerprint density at radius 1 is 0.923 bits per heavy atom. The van der Waals surface area contributed by atoms with E-state index < -0.39 is 0 Å². The van der Waals surface area contributed by atoms with Gasteiger partial charge in [-0.15, -0.1) is 5.10 Å². The van der Waals surface area contributed by atoms with Crippen molar-refractivity contribution < 1.29 is 9.52 Å². The first-order chi connectivity index (χ1) is 12.7. The normalized spacial score (nSPS) is 11.3. The third-order valence-electron chi connectivity index (χ3n) is 3.93. The minimum absolute atomic E-state index is 0.161. The van der Waals surface area contributed by atoms with Crippen LogP contribution in [0.5, 0.6) is 5.75 Å². The van der Waals surface area contributed by atoms with Crippen LogP contribution in [0.2, 0.25) is 0 Å². The van der Waals surface area contributed by atoms with Gasteiger partial charge in [0.15, 0.2) is 11.6 Å². The van der Waals surface area contributed by atoms with Gasteiger partial charge in [-0.25, -0.2) is 9.67 Å². The van der Waals surface area contributed by atoms with E-state index in [2.05, 4.69) is 10.1 Å². The number of hydrogen-bond donors (Lipinski definition) is 1. The van der Waals surface area contributed by atoms with Gasteiger partial charge in [0.1, 0.15) is 17.3 Å². The number of aromatic hydroxyl groups is 1. The Bertz CT molecular complexity index is 1060. The molecule has 0 radical (unpaired) electrons. The lowest BCUT2D eigenvalue weighted by Crippen LogP contribution is -1.99. The highest BCUT2D eigenvalue weighted by Crippen LogP contribution is 2.29. The summed E-state index contributed by atoms with van der Waals surface area (Å²) < 4.78 is 7.27. The summed E-state index contributed by atoms with van der Waals surface area (Å²) in [5, 5.41) is 14.8. The quantitative estimate of drug-likeness (QED) is 0.583. The molecular weight excluding hydrogens is 326 g/mol. The second-order valence-electron chi connectivity index (χ2n) is 5.84. The molecule has 1 N–H and O–H groups in total. The molecule has 0 spiro atoms. The van der Waals surface area contributed by atoms with Gasteiger partial charge in [0.05, 0.1) is 11.3 Å². The summed E-state index contributed by atoms with van der Waals surface area (Å²) in [7, 11) is 0. The summed E-state index contributed by atoms with van der Waals surface area (Å²) in [4.78, 5) is 4.60. The van der Waals surface area contributed by atoms with Crippen LogP contribution < -0.4 is 0 Å². The number of benzene rings is 2. The topological polar surface area (TPSA) is 64.1 Å². The smallest absolute Gasteiger partial charge is 0.175 e. The number of phenolic OH excluding ortho intramolecular Hbond substituents is 1. The molecule has 0 bridgehead atoms. The van der Waals surface area contributed by atoms with Gasteiger partial charge in [-0.2, -0.15) is 0 Å². The zero-order valence-corrected chi connectivity index (χ0v) is 14.2. The van der Waals surface area contributed by atoms with Crippen molar-refractivity contribution in [3.8, 4) is 22.8 Å². The van der Waals surface area contributed by atoms with E-state index >= 15 is 0 Å². The van der Waals surface area contributed by atoms with Gasteiger partial charge in [-0.3, -0.25) is 0 Å². The number of aromatic nitrogens is 3. The van der Waals surface area contributed by atoms with Crippen molar-refractivity contribution in [2.75, 3.05) is 0 Å². The van der Waals surface area contributed by atoms with Gasteiger partial charge >= 0.3 is 0 Å². The number of aryl methyl sites for hydroxylation is 1. The van der Waals surface area contributed by atoms with Crippen LogP contribution in [0.3, 0.4) is 0 Å². The Kier molecular flexibility index (Phi) is 4.11. The largest absolute Gasteiger partial charge is 0.507 e. The molecule has 26 heavy (non-hydrogen) atoms. The molecule has 4 rings (SSSR count). The lowest BCUT2D eigenvalue weighted by Gasteiger charge is -2.06. The van der Waals surface area contributed by atoms with Crippen LogP contribution >= 0.6 is 0 Å². The molecule has 0 saturated carbocycles. The molecule has 0 aliphatic rings. The van der Waals surface area contributed by atoms with E-state index in [9.17, 15) is 5.11 Å². The van der Waals surface area contributed by atoms with Crippen LogP contribution in [0.15, 0.2) is 71.1 Å². The first kappa shape index (κ1) is 15.9. The van der Waals surface area contributed by atoms with Crippen LogP contribution in [0.25, 0.3) is 29.2 Å². The molecule has 0 fully saturated rings. The standard InChI is InChI=1S/C21H17N3O2/c1-15-11-12-17(26-15)13-14-20-22-21(18-9-5-6-10-19(18)25)24(23-20)16-7-3-2-4-8-16/h2-14,25H,1H3. The number of furan rings is 1. The zero-order chi connectivity index (χ0) is 17.9. The van der Waals surface area contributed by atoms with E-state index in [1.54, 1.807) is 22.9 Å². The van der Waals surface area contributed by atoms with Crippen LogP contribution in [0.4, 0.5) is 0 Å². The summed E-state index contributed by atoms with van der Waals surface area (Å²) in [5.74, 6) is 2.85. The predicted octanol–water partition coefficient (Wildman–Crippen LogP) is 4.71. The number of hydrogen-bond acceptors (Lipinski definition) is 4. The Morgan fingerprint density at radius 3 is 2.42 bits per heavy atom. The van der Waals surface area contributed by atoms with Crippen LogP contribution in [-0.2, 0) is 0 Å². The molecule has 0 amide bonds. The molecule has 5 heteroatoms. The van der Waals surface area contributed by atoms with Crippen molar-refractivity contribution in [3.63, 3.8) is 0 Å². The third-order valence-corrected chi connectivity index (χ3v) is 3.93. The molecule has 2 heterocycles. The molecule has 2 aromatic heterocycles. The predicted molar refractivity (Wildman–Crippen MR) is 101 cm³/mol. The van der Waals surface area contributed by atoms with Crippen LogP contribution in [0, 0.1) is 6.92 Å². The van der Waals surface area contributed by atoms with E-state index in [0.717, 1.165) is 17.2 Å². The fraction of sp³-hybridized carbons (Fsp3) is 0.0476. The minimum Gasteiger partial charge on any atom is -0.507 e. The van der Waals surface area contributed by atoms with Crippen LogP contribution in [-0.4, -0.2) is 19.9 Å². The molecule has 0 saturated heterocycles. The van der Waals surface area contributed by atoms with Gasteiger partial charge in [-0.1, -0.05) is 30.3 Å². The SMILES string of the molecule is Cc1ccc(C=Cc2nc(-c3ccccc3O)n(-c3ccccc3)n2)o1. The number of rotatable bonds is 4. The molecule has 0 atom stereocenters. The summed E-state index contributed by atoms with van der Waals surface area (Å²) >= 11 is 0. The summed E-state index contributed by atoms with van der Waals surface area (Å²) in [6, 6.07) is 20.6. The second kappa shape index (κ2) is 6.72. The molecule has 2 aromatic carbocycles. The van der Waals surface area contributed by atoms with Gasteiger partial charge in [0, 0.05) is 0 Å². The average molecular weight is 343 g/mol. The van der Waals surface area contributed by atoms with E-state index in [0.29, 0.717) is 17.2 Å². The summed E-state index contributed by atoms with van der Waals surface area (Å²) in [6.07, 6.45) is 3.62. The van der Waals surface area contributed by atoms with Crippen molar-refractivity contribution in [3.05, 3.63) is 84.1 Å². The van der Waals surface area contributed by atoms with E-state index in [4.69, 9.17) is 4.42 Å². The van der Waals surface area contributed by atoms with Crippen molar-refractivity contribution in [2.45, 2.75) is 6.92 Å². The van der Waals surface area contributed by atoms with E-state index in [-0.39, 0.29) is 5.75 Å². The monoisotopic (exact) mass is 343 g/mol. The molecule has 0 unspecified atom stereocenters. The van der Waals surface area contributed by atoms with Gasteiger partial charge in [0.25, 0.3) is 0 Å². The molecule has 5 nitrogen and oxygen atoms in total. The molecule has 0 aliphatic heterocycles. The van der Waals surface area contributed by atoms with E-state index in [1.807, 2.05) is 67.6 Å². The molecule has 128 valence electrons. The van der Waals surface area contributed by atoms with Crippen molar-refractivity contribution in [2.24, 2.45) is 0 Å². The Balaban J connectivity index is 1.80. The second-order valence-corrected chi connectivity index (χ2v) is 5.84. The first-order valence-electron chi connectivity index (χ1n) is 8.26. The summed E-state index contributed by atoms with van der Waals surface area (Å²) in [5.41, 5.74) is 1.49. The number of nitrogens with zero attached hydrogens (tertiary/aromatic N) is 3. The maximum Gasteiger partial charge on any atom is 0.175 e. The maximum atomic E-state index is 10.2. The molecule has 0 aliphatic carbocycles. The van der Waals surface area contributed by atoms with Crippen LogP contribution in [0.1, 0.15) is 17.3 Å². The summed E-state index contributed by atoms with van der Waals surface area (Å²) in [6.45, 7) is 1.90. The number of phenols is 1. The Morgan fingerprint density at radius 2 is 1.69 bits per heavy atom. The van der Waals surface area contributed by atoms with Gasteiger partial charge < -0.3 is 9.52 Å². The highest BCUT2D eigenvalue weighted by atomic mass is 16.3. The minimum atomic E-state index is 0.161. The molecular formula is C21H17N3O2. The van der Waals surface area contributed by atoms with Crippen molar-refractivity contribution in [1.29, 1.82) is 0 Å². The fourth-order valence-corrected chi connectivity index (χ4v) is 2.68. The average Bonchev–Trinajstić information content (AvgIpc) is 3.27. The fourth-order valence-electron chi connectivity index (χ4n) is 2.68. The third kappa shape index (κ3) is 3.15. The Hall–Kier alpha value is -3.60. The van der Waals surface area contributed by atoms with Crippen molar-refractivity contribution >= 4 is 12.2 Å². The molecule has 4 aromatic rings. The maximum absolute atomic E-state index is 10.2. The van der Waals surface area contributed by atoms with Gasteiger partial charge in [0.2, 0.25) is 0 Å². The van der Waals surface area contributed by atoms with Gasteiger partial charge in [-0.05, 0) is 55.5 Å². The first-order valence-corrected chi connectivity index (χ1v) is 8.26. The highest BCUT2D eigenvalue weighted by Gasteiger charge is 2.15. The number of para-hydroxylation sites is 2. The Labute approximate surface area is 150 Å². The van der Waals surface area contributed by atoms with Crippen molar-refractivity contribution in [1.82, 2.24) is 14.8 Å². The highest BCUT2D eigenvalue weighted by molar-refractivity contribution is 5.69. The van der Waals surface area contributed by atoms with E-state index in [1.165, 1.54) is 0 Å².